The molecule has 4 aromatic rings. The minimum Gasteiger partial charge on any atom is -0.336 e. The van der Waals surface area contributed by atoms with Crippen LogP contribution in [0.15, 0.2) is 84.0 Å². The fourth-order valence-electron chi connectivity index (χ4n) is 3.91. The molecule has 0 atom stereocenters. The van der Waals surface area contributed by atoms with Crippen LogP contribution in [0.1, 0.15) is 10.4 Å². The van der Waals surface area contributed by atoms with E-state index in [0.717, 1.165) is 11.3 Å². The van der Waals surface area contributed by atoms with E-state index in [2.05, 4.69) is 10.1 Å². The number of sulfonamides is 1. The van der Waals surface area contributed by atoms with Crippen LogP contribution in [-0.2, 0) is 10.0 Å². The van der Waals surface area contributed by atoms with Crippen molar-refractivity contribution in [3.63, 3.8) is 0 Å². The highest BCUT2D eigenvalue weighted by atomic mass is 32.2. The maximum absolute atomic E-state index is 13.2. The summed E-state index contributed by atoms with van der Waals surface area (Å²) in [7, 11) is -3.57. The van der Waals surface area contributed by atoms with Crippen LogP contribution in [0, 0.1) is 0 Å². The average Bonchev–Trinajstić information content (AvgIpc) is 3.29. The molecule has 0 radical (unpaired) electrons. The van der Waals surface area contributed by atoms with E-state index in [1.54, 1.807) is 45.9 Å². The van der Waals surface area contributed by atoms with Crippen LogP contribution in [0.3, 0.4) is 0 Å². The summed E-state index contributed by atoms with van der Waals surface area (Å²) in [5.41, 5.74) is 2.70. The van der Waals surface area contributed by atoms with Gasteiger partial charge in [-0.2, -0.15) is 9.40 Å². The van der Waals surface area contributed by atoms with Crippen molar-refractivity contribution < 1.29 is 13.2 Å². The highest BCUT2D eigenvalue weighted by Gasteiger charge is 2.31. The van der Waals surface area contributed by atoms with E-state index in [1.807, 2.05) is 36.4 Å². The summed E-state index contributed by atoms with van der Waals surface area (Å²) in [6, 6.07) is 20.0. The molecule has 1 fully saturated rings. The van der Waals surface area contributed by atoms with E-state index < -0.39 is 10.0 Å². The number of rotatable bonds is 4. The van der Waals surface area contributed by atoms with Crippen molar-refractivity contribution in [1.82, 2.24) is 23.8 Å². The van der Waals surface area contributed by atoms with Gasteiger partial charge in [0.25, 0.3) is 5.91 Å². The molecule has 0 aliphatic carbocycles. The van der Waals surface area contributed by atoms with Crippen LogP contribution in [0.4, 0.5) is 0 Å². The van der Waals surface area contributed by atoms with Gasteiger partial charge >= 0.3 is 0 Å². The minimum atomic E-state index is -3.57. The Morgan fingerprint density at radius 1 is 0.844 bits per heavy atom. The number of amides is 1. The number of hydrogen-bond acceptors (Lipinski definition) is 5. The first kappa shape index (κ1) is 20.3. The smallest absolute Gasteiger partial charge is 0.259 e. The average molecular weight is 448 g/mol. The minimum absolute atomic E-state index is 0.200. The van der Waals surface area contributed by atoms with Crippen molar-refractivity contribution in [3.8, 4) is 11.3 Å². The molecule has 2 aromatic heterocycles. The van der Waals surface area contributed by atoms with E-state index in [4.69, 9.17) is 0 Å². The Balaban J connectivity index is 1.36. The third-order valence-corrected chi connectivity index (χ3v) is 7.52. The van der Waals surface area contributed by atoms with Gasteiger partial charge in [0.05, 0.1) is 16.8 Å². The second-order valence-corrected chi connectivity index (χ2v) is 9.44. The summed E-state index contributed by atoms with van der Waals surface area (Å²) in [5, 5.41) is 4.41. The van der Waals surface area contributed by atoms with Crippen LogP contribution in [-0.4, -0.2) is 64.3 Å². The second kappa shape index (κ2) is 8.18. The molecule has 0 N–H and O–H groups in total. The molecule has 162 valence electrons. The number of fused-ring (bicyclic) bond motifs is 1. The predicted molar refractivity (Wildman–Crippen MR) is 120 cm³/mol. The highest BCUT2D eigenvalue weighted by molar-refractivity contribution is 7.89. The lowest BCUT2D eigenvalue weighted by molar-refractivity contribution is 0.0699. The van der Waals surface area contributed by atoms with Gasteiger partial charge in [0.1, 0.15) is 5.56 Å². The predicted octanol–water partition coefficient (Wildman–Crippen LogP) is 2.54. The second-order valence-electron chi connectivity index (χ2n) is 7.50. The zero-order chi connectivity index (χ0) is 22.1. The fourth-order valence-corrected chi connectivity index (χ4v) is 5.36. The molecule has 0 bridgehead atoms. The molecular formula is C23H21N5O3S. The van der Waals surface area contributed by atoms with Gasteiger partial charge in [-0.25, -0.2) is 17.9 Å². The highest BCUT2D eigenvalue weighted by Crippen LogP contribution is 2.22. The molecule has 1 saturated heterocycles. The molecule has 5 rings (SSSR count). The zero-order valence-corrected chi connectivity index (χ0v) is 18.0. The summed E-state index contributed by atoms with van der Waals surface area (Å²) in [6.45, 7) is 1.09. The summed E-state index contributed by atoms with van der Waals surface area (Å²) < 4.78 is 28.8. The first-order valence-electron chi connectivity index (χ1n) is 10.3. The van der Waals surface area contributed by atoms with Crippen molar-refractivity contribution >= 4 is 21.6 Å². The van der Waals surface area contributed by atoms with E-state index in [9.17, 15) is 13.2 Å². The van der Waals surface area contributed by atoms with Gasteiger partial charge < -0.3 is 4.90 Å². The van der Waals surface area contributed by atoms with Crippen molar-refractivity contribution in [2.75, 3.05) is 26.2 Å². The molecule has 9 heteroatoms. The van der Waals surface area contributed by atoms with Crippen LogP contribution in [0.5, 0.6) is 0 Å². The summed E-state index contributed by atoms with van der Waals surface area (Å²) in [6.07, 6.45) is 3.20. The van der Waals surface area contributed by atoms with Crippen LogP contribution < -0.4 is 0 Å². The van der Waals surface area contributed by atoms with Gasteiger partial charge in [-0.3, -0.25) is 4.79 Å². The quantitative estimate of drug-likeness (QED) is 0.480. The van der Waals surface area contributed by atoms with E-state index in [0.29, 0.717) is 24.3 Å². The molecule has 0 saturated carbocycles. The number of benzene rings is 2. The molecule has 3 heterocycles. The largest absolute Gasteiger partial charge is 0.336 e. The van der Waals surface area contributed by atoms with E-state index >= 15 is 0 Å². The van der Waals surface area contributed by atoms with Crippen LogP contribution in [0.25, 0.3) is 16.9 Å². The van der Waals surface area contributed by atoms with Gasteiger partial charge in [0.15, 0.2) is 5.65 Å². The molecule has 32 heavy (non-hydrogen) atoms. The first-order chi connectivity index (χ1) is 15.6. The van der Waals surface area contributed by atoms with Crippen molar-refractivity contribution in [3.05, 3.63) is 84.7 Å². The monoisotopic (exact) mass is 447 g/mol. The van der Waals surface area contributed by atoms with Crippen molar-refractivity contribution in [1.29, 1.82) is 0 Å². The van der Waals surface area contributed by atoms with Gasteiger partial charge in [-0.15, -0.1) is 0 Å². The topological polar surface area (TPSA) is 87.9 Å². The Morgan fingerprint density at radius 2 is 1.50 bits per heavy atom. The number of carbonyl (C=O) groups is 1. The zero-order valence-electron chi connectivity index (χ0n) is 17.2. The number of carbonyl (C=O) groups excluding carboxylic acids is 1. The van der Waals surface area contributed by atoms with Crippen molar-refractivity contribution in [2.24, 2.45) is 0 Å². The molecule has 1 aliphatic heterocycles. The van der Waals surface area contributed by atoms with Gasteiger partial charge in [-0.1, -0.05) is 48.5 Å². The maximum atomic E-state index is 13.2. The number of nitrogens with zero attached hydrogens (tertiary/aromatic N) is 5. The third kappa shape index (κ3) is 3.55. The van der Waals surface area contributed by atoms with Crippen molar-refractivity contribution in [2.45, 2.75) is 4.90 Å². The summed E-state index contributed by atoms with van der Waals surface area (Å²) in [4.78, 5) is 19.5. The normalized spacial score (nSPS) is 15.2. The van der Waals surface area contributed by atoms with E-state index in [-0.39, 0.29) is 23.9 Å². The first-order valence-corrected chi connectivity index (χ1v) is 11.7. The maximum Gasteiger partial charge on any atom is 0.259 e. The standard InChI is InChI=1S/C23H21N5O3S/c29-23(26-13-15-27(16-14-26)32(30,31)19-9-5-2-6-10-19)20-17-25-28-21(11-12-24-22(20)28)18-7-3-1-4-8-18/h1-12,17H,13-16H2. The van der Waals surface area contributed by atoms with Gasteiger partial charge in [-0.05, 0) is 18.2 Å². The Kier molecular flexibility index (Phi) is 5.20. The molecule has 0 unspecified atom stereocenters. The number of piperazine rings is 1. The Morgan fingerprint density at radius 3 is 2.19 bits per heavy atom. The molecule has 1 aliphatic rings. The Labute approximate surface area is 185 Å². The molecular weight excluding hydrogens is 426 g/mol. The lowest BCUT2D eigenvalue weighted by atomic mass is 10.1. The van der Waals surface area contributed by atoms with Crippen LogP contribution >= 0.6 is 0 Å². The Bertz CT molecular complexity index is 1360. The number of hydrogen-bond donors (Lipinski definition) is 0. The molecule has 0 spiro atoms. The number of aromatic nitrogens is 3. The SMILES string of the molecule is O=C(c1cnn2c(-c3ccccc3)ccnc12)N1CCN(S(=O)(=O)c2ccccc2)CC1. The third-order valence-electron chi connectivity index (χ3n) is 5.61. The molecule has 2 aromatic carbocycles. The lowest BCUT2D eigenvalue weighted by Gasteiger charge is -2.33. The van der Waals surface area contributed by atoms with E-state index in [1.165, 1.54) is 10.5 Å². The van der Waals surface area contributed by atoms with Crippen LogP contribution in [0.2, 0.25) is 0 Å². The van der Waals surface area contributed by atoms with Gasteiger partial charge in [0, 0.05) is 37.9 Å². The van der Waals surface area contributed by atoms with Gasteiger partial charge in [0.2, 0.25) is 10.0 Å². The lowest BCUT2D eigenvalue weighted by Crippen LogP contribution is -2.50. The fraction of sp³-hybridized carbons (Fsp3) is 0.174. The summed E-state index contributed by atoms with van der Waals surface area (Å²) >= 11 is 0. The molecule has 8 nitrogen and oxygen atoms in total. The summed E-state index contributed by atoms with van der Waals surface area (Å²) in [5.74, 6) is -0.200. The molecule has 1 amide bonds. The Hall–Kier alpha value is -3.56.